The van der Waals surface area contributed by atoms with E-state index in [1.54, 1.807) is 24.4 Å². The van der Waals surface area contributed by atoms with Crippen LogP contribution < -0.4 is 9.62 Å². The van der Waals surface area contributed by atoms with Crippen LogP contribution in [-0.4, -0.2) is 73.8 Å². The lowest BCUT2D eigenvalue weighted by atomic mass is 9.79. The fourth-order valence-corrected chi connectivity index (χ4v) is 7.00. The summed E-state index contributed by atoms with van der Waals surface area (Å²) in [5.74, 6) is -1.89. The SMILES string of the molecule is O=S(=O)(N[C@H]1CCN(c2cccnn2)C[C@H]1OCC1CCC(c2cccc(F)c2)CC1)N1CC(F)(F)C1. The third kappa shape index (κ3) is 6.42. The zero-order chi connectivity index (χ0) is 26.0. The number of hydrogen-bond acceptors (Lipinski definition) is 6. The average Bonchev–Trinajstić information content (AvgIpc) is 2.87. The van der Waals surface area contributed by atoms with Crippen molar-refractivity contribution in [2.75, 3.05) is 37.7 Å². The molecule has 2 aliphatic heterocycles. The Kier molecular flexibility index (Phi) is 7.71. The van der Waals surface area contributed by atoms with Crippen LogP contribution in [0.2, 0.25) is 0 Å². The van der Waals surface area contributed by atoms with Gasteiger partial charge in [0.2, 0.25) is 0 Å². The zero-order valence-corrected chi connectivity index (χ0v) is 21.3. The third-order valence-electron chi connectivity index (χ3n) is 7.61. The van der Waals surface area contributed by atoms with Crippen molar-refractivity contribution < 1.29 is 26.3 Å². The molecule has 3 fully saturated rings. The summed E-state index contributed by atoms with van der Waals surface area (Å²) in [6.07, 6.45) is 5.29. The first-order chi connectivity index (χ1) is 17.7. The Morgan fingerprint density at radius 2 is 1.86 bits per heavy atom. The molecule has 0 bridgehead atoms. The summed E-state index contributed by atoms with van der Waals surface area (Å²) in [6, 6.07) is 9.85. The molecule has 202 valence electrons. The first-order valence-electron chi connectivity index (χ1n) is 12.7. The largest absolute Gasteiger partial charge is 0.374 e. The van der Waals surface area contributed by atoms with Crippen molar-refractivity contribution in [1.29, 1.82) is 0 Å². The highest BCUT2D eigenvalue weighted by molar-refractivity contribution is 7.87. The molecule has 2 aromatic rings. The molecular formula is C25H32F3N5O3S. The van der Waals surface area contributed by atoms with E-state index in [1.165, 1.54) is 6.07 Å². The van der Waals surface area contributed by atoms with Crippen LogP contribution in [0.4, 0.5) is 19.0 Å². The molecule has 5 rings (SSSR count). The zero-order valence-electron chi connectivity index (χ0n) is 20.5. The van der Waals surface area contributed by atoms with Crippen molar-refractivity contribution in [1.82, 2.24) is 19.2 Å². The van der Waals surface area contributed by atoms with Gasteiger partial charge in [0.15, 0.2) is 5.82 Å². The molecule has 2 saturated heterocycles. The number of nitrogens with zero attached hydrogens (tertiary/aromatic N) is 4. The lowest BCUT2D eigenvalue weighted by molar-refractivity contribution is -0.0953. The predicted molar refractivity (Wildman–Crippen MR) is 132 cm³/mol. The molecular weight excluding hydrogens is 507 g/mol. The van der Waals surface area contributed by atoms with E-state index in [2.05, 4.69) is 14.9 Å². The fourth-order valence-electron chi connectivity index (χ4n) is 5.48. The highest BCUT2D eigenvalue weighted by Crippen LogP contribution is 2.36. The smallest absolute Gasteiger partial charge is 0.280 e. The number of rotatable bonds is 8. The molecule has 1 N–H and O–H groups in total. The van der Waals surface area contributed by atoms with Crippen molar-refractivity contribution in [2.24, 2.45) is 5.92 Å². The second-order valence-corrected chi connectivity index (χ2v) is 12.0. The maximum Gasteiger partial charge on any atom is 0.280 e. The molecule has 3 heterocycles. The van der Waals surface area contributed by atoms with Gasteiger partial charge in [0.25, 0.3) is 16.1 Å². The lowest BCUT2D eigenvalue weighted by Crippen LogP contribution is -2.64. The molecule has 0 spiro atoms. The van der Waals surface area contributed by atoms with E-state index in [0.29, 0.717) is 43.8 Å². The van der Waals surface area contributed by atoms with Crippen LogP contribution in [0.15, 0.2) is 42.6 Å². The van der Waals surface area contributed by atoms with E-state index >= 15 is 0 Å². The molecule has 12 heteroatoms. The van der Waals surface area contributed by atoms with Crippen LogP contribution >= 0.6 is 0 Å². The number of alkyl halides is 2. The van der Waals surface area contributed by atoms with Gasteiger partial charge >= 0.3 is 0 Å². The summed E-state index contributed by atoms with van der Waals surface area (Å²) in [4.78, 5) is 2.00. The maximum absolute atomic E-state index is 13.6. The van der Waals surface area contributed by atoms with E-state index in [-0.39, 0.29) is 5.82 Å². The average molecular weight is 540 g/mol. The summed E-state index contributed by atoms with van der Waals surface area (Å²) in [5.41, 5.74) is 1.03. The van der Waals surface area contributed by atoms with Crippen molar-refractivity contribution in [2.45, 2.75) is 56.1 Å². The number of aromatic nitrogens is 2. The molecule has 8 nitrogen and oxygen atoms in total. The number of halogens is 3. The molecule has 0 amide bonds. The monoisotopic (exact) mass is 539 g/mol. The van der Waals surface area contributed by atoms with E-state index in [1.807, 2.05) is 17.0 Å². The van der Waals surface area contributed by atoms with Gasteiger partial charge in [-0.1, -0.05) is 12.1 Å². The molecule has 0 unspecified atom stereocenters. The van der Waals surface area contributed by atoms with Crippen molar-refractivity contribution in [3.05, 3.63) is 54.0 Å². The van der Waals surface area contributed by atoms with Gasteiger partial charge in [0.1, 0.15) is 5.82 Å². The fraction of sp³-hybridized carbons (Fsp3) is 0.600. The first-order valence-corrected chi connectivity index (χ1v) is 14.2. The summed E-state index contributed by atoms with van der Waals surface area (Å²) in [6.45, 7) is -0.210. The summed E-state index contributed by atoms with van der Waals surface area (Å²) in [5, 5.41) is 8.09. The number of hydrogen-bond donors (Lipinski definition) is 1. The van der Waals surface area contributed by atoms with Crippen LogP contribution in [0.1, 0.15) is 43.6 Å². The first kappa shape index (κ1) is 26.3. The molecule has 1 aliphatic carbocycles. The quantitative estimate of drug-likeness (QED) is 0.554. The summed E-state index contributed by atoms with van der Waals surface area (Å²) >= 11 is 0. The molecule has 1 aromatic carbocycles. The van der Waals surface area contributed by atoms with Gasteiger partial charge in [-0.3, -0.25) is 0 Å². The Hall–Kier alpha value is -2.28. The molecule has 2 atom stereocenters. The topological polar surface area (TPSA) is 87.7 Å². The van der Waals surface area contributed by atoms with Crippen molar-refractivity contribution >= 4 is 16.0 Å². The minimum absolute atomic E-state index is 0.219. The van der Waals surface area contributed by atoms with Crippen LogP contribution in [0.5, 0.6) is 0 Å². The number of anilines is 1. The van der Waals surface area contributed by atoms with E-state index in [4.69, 9.17) is 4.74 Å². The highest BCUT2D eigenvalue weighted by atomic mass is 32.2. The van der Waals surface area contributed by atoms with E-state index < -0.39 is 41.4 Å². The third-order valence-corrected chi connectivity index (χ3v) is 9.15. The predicted octanol–water partition coefficient (Wildman–Crippen LogP) is 3.34. The molecule has 3 aliphatic rings. The van der Waals surface area contributed by atoms with Crippen LogP contribution in [-0.2, 0) is 14.9 Å². The van der Waals surface area contributed by atoms with Crippen LogP contribution in [0.3, 0.4) is 0 Å². The summed E-state index contributed by atoms with van der Waals surface area (Å²) in [7, 11) is -4.05. The van der Waals surface area contributed by atoms with Gasteiger partial charge < -0.3 is 9.64 Å². The van der Waals surface area contributed by atoms with Gasteiger partial charge in [-0.25, -0.2) is 13.2 Å². The Morgan fingerprint density at radius 1 is 1.08 bits per heavy atom. The Bertz CT molecular complexity index is 1160. The second kappa shape index (κ2) is 10.8. The van der Waals surface area contributed by atoms with Gasteiger partial charge in [0, 0.05) is 25.9 Å². The highest BCUT2D eigenvalue weighted by Gasteiger charge is 2.50. The molecule has 1 aromatic heterocycles. The number of benzene rings is 1. The van der Waals surface area contributed by atoms with Gasteiger partial charge in [-0.2, -0.15) is 22.5 Å². The van der Waals surface area contributed by atoms with E-state index in [0.717, 1.165) is 35.6 Å². The van der Waals surface area contributed by atoms with Crippen LogP contribution in [0.25, 0.3) is 0 Å². The van der Waals surface area contributed by atoms with Crippen molar-refractivity contribution in [3.63, 3.8) is 0 Å². The van der Waals surface area contributed by atoms with Crippen molar-refractivity contribution in [3.8, 4) is 0 Å². The van der Waals surface area contributed by atoms with Crippen LogP contribution in [0, 0.1) is 11.7 Å². The normalized spacial score (nSPS) is 28.6. The minimum Gasteiger partial charge on any atom is -0.374 e. The Labute approximate surface area is 215 Å². The number of ether oxygens (including phenoxy) is 1. The minimum atomic E-state index is -4.05. The van der Waals surface area contributed by atoms with Gasteiger partial charge in [-0.15, -0.1) is 5.10 Å². The molecule has 37 heavy (non-hydrogen) atoms. The number of nitrogens with one attached hydrogen (secondary N) is 1. The number of piperidine rings is 1. The van der Waals surface area contributed by atoms with E-state index in [9.17, 15) is 21.6 Å². The van der Waals surface area contributed by atoms with Gasteiger partial charge in [-0.05, 0) is 73.8 Å². The van der Waals surface area contributed by atoms with Gasteiger partial charge in [0.05, 0.1) is 25.2 Å². The Balaban J connectivity index is 1.20. The Morgan fingerprint density at radius 3 is 2.54 bits per heavy atom. The molecule has 0 radical (unpaired) electrons. The standard InChI is InChI=1S/C25H32F3N5O3S/c26-21-4-1-3-20(13-21)19-8-6-18(7-9-19)15-36-23-14-32(24-5-2-11-29-30-24)12-10-22(23)31-37(34,35)33-16-25(27,28)17-33/h1-5,11,13,18-19,22-23,31H,6-10,12,14-17H2/t18?,19?,22-,23+/m0/s1. The maximum atomic E-state index is 13.6. The second-order valence-electron chi connectivity index (χ2n) is 10.3. The summed E-state index contributed by atoms with van der Waals surface area (Å²) < 4.78 is 75.4. The lowest BCUT2D eigenvalue weighted by Gasteiger charge is -2.42. The molecule has 1 saturated carbocycles.